The summed E-state index contributed by atoms with van der Waals surface area (Å²) in [5.74, 6) is -0.614. The van der Waals surface area contributed by atoms with E-state index in [1.165, 1.54) is 19.2 Å². The second kappa shape index (κ2) is 4.09. The van der Waals surface area contributed by atoms with Crippen LogP contribution < -0.4 is 0 Å². The number of carbonyl (C=O) groups is 2. The molecule has 0 unspecified atom stereocenters. The van der Waals surface area contributed by atoms with Gasteiger partial charge in [0.1, 0.15) is 0 Å². The fraction of sp³-hybridized carbons (Fsp3) is 0.167. The average Bonchev–Trinajstić information content (AvgIpc) is 2.22. The lowest BCUT2D eigenvalue weighted by Crippen LogP contribution is -2.39. The van der Waals surface area contributed by atoms with Gasteiger partial charge in [-0.25, -0.2) is 0 Å². The van der Waals surface area contributed by atoms with Crippen molar-refractivity contribution < 1.29 is 9.59 Å². The molecule has 0 saturated heterocycles. The number of likely N-dealkylation sites (N-methyl/N-ethyl adjacent to an activating group) is 1. The fourth-order valence-corrected chi connectivity index (χ4v) is 1.47. The average molecular weight is 203 g/mol. The maximum absolute atomic E-state index is 11.7. The zero-order valence-electron chi connectivity index (χ0n) is 8.91. The predicted octanol–water partition coefficient (Wildman–Crippen LogP) is 1.60. The zero-order chi connectivity index (χ0) is 11.6. The van der Waals surface area contributed by atoms with Gasteiger partial charge in [-0.05, 0) is 18.6 Å². The Labute approximate surface area is 89.1 Å². The minimum atomic E-state index is -0.311. The summed E-state index contributed by atoms with van der Waals surface area (Å²) >= 11 is 0. The van der Waals surface area contributed by atoms with Crippen molar-refractivity contribution in [2.24, 2.45) is 0 Å². The Morgan fingerprint density at radius 2 is 1.80 bits per heavy atom. The lowest BCUT2D eigenvalue weighted by molar-refractivity contribution is -0.138. The molecule has 1 heterocycles. The maximum Gasteiger partial charge on any atom is 0.260 e. The summed E-state index contributed by atoms with van der Waals surface area (Å²) in [6.45, 7) is 8.84. The van der Waals surface area contributed by atoms with Gasteiger partial charge in [0.15, 0.2) is 0 Å². The van der Waals surface area contributed by atoms with Crippen LogP contribution in [0.15, 0.2) is 48.1 Å². The molecule has 0 radical (unpaired) electrons. The molecular weight excluding hydrogens is 190 g/mol. The quantitative estimate of drug-likeness (QED) is 0.505. The van der Waals surface area contributed by atoms with Crippen LogP contribution in [0, 0.1) is 0 Å². The van der Waals surface area contributed by atoms with Crippen LogP contribution in [0.1, 0.15) is 6.92 Å². The van der Waals surface area contributed by atoms with E-state index in [1.54, 1.807) is 13.0 Å². The van der Waals surface area contributed by atoms with Crippen LogP contribution in [-0.2, 0) is 9.59 Å². The number of hydrogen-bond acceptors (Lipinski definition) is 2. The van der Waals surface area contributed by atoms with Crippen molar-refractivity contribution in [2.75, 3.05) is 7.05 Å². The van der Waals surface area contributed by atoms with Crippen LogP contribution in [0.5, 0.6) is 0 Å². The second-order valence-corrected chi connectivity index (χ2v) is 3.23. The SMILES string of the molecule is C=C/C=C1/C(=O)N(C)C(=O)C(C=C)=C1C. The first-order chi connectivity index (χ1) is 7.04. The first-order valence-corrected chi connectivity index (χ1v) is 4.53. The molecule has 0 aliphatic carbocycles. The summed E-state index contributed by atoms with van der Waals surface area (Å²) in [5.41, 5.74) is 1.60. The lowest BCUT2D eigenvalue weighted by atomic mass is 9.95. The first-order valence-electron chi connectivity index (χ1n) is 4.53. The van der Waals surface area contributed by atoms with Gasteiger partial charge in [-0.2, -0.15) is 0 Å². The number of nitrogens with zero attached hydrogens (tertiary/aromatic N) is 1. The standard InChI is InChI=1S/C12H13NO2/c1-5-7-10-8(3)9(6-2)11(14)13(4)12(10)15/h5-7H,1-2H2,3-4H3/b10-7+. The Bertz CT molecular complexity index is 413. The molecule has 0 aromatic heterocycles. The van der Waals surface area contributed by atoms with Crippen LogP contribution in [0.25, 0.3) is 0 Å². The van der Waals surface area contributed by atoms with E-state index in [1.807, 2.05) is 0 Å². The van der Waals surface area contributed by atoms with Crippen molar-refractivity contribution in [1.82, 2.24) is 4.90 Å². The van der Waals surface area contributed by atoms with Gasteiger partial charge < -0.3 is 0 Å². The molecule has 0 aromatic carbocycles. The number of imide groups is 1. The third-order valence-corrected chi connectivity index (χ3v) is 2.37. The normalized spacial score (nSPS) is 19.9. The van der Waals surface area contributed by atoms with Crippen molar-refractivity contribution in [3.63, 3.8) is 0 Å². The molecule has 3 nitrogen and oxygen atoms in total. The number of allylic oxidation sites excluding steroid dienone is 2. The molecule has 0 saturated carbocycles. The predicted molar refractivity (Wildman–Crippen MR) is 59.0 cm³/mol. The van der Waals surface area contributed by atoms with Crippen LogP contribution in [0.4, 0.5) is 0 Å². The summed E-state index contributed by atoms with van der Waals surface area (Å²) in [5, 5.41) is 0. The van der Waals surface area contributed by atoms with Crippen molar-refractivity contribution in [3.05, 3.63) is 48.1 Å². The number of rotatable bonds is 2. The van der Waals surface area contributed by atoms with E-state index in [4.69, 9.17) is 0 Å². The Hall–Kier alpha value is -1.90. The van der Waals surface area contributed by atoms with Gasteiger partial charge in [-0.15, -0.1) is 0 Å². The van der Waals surface area contributed by atoms with E-state index in [2.05, 4.69) is 13.2 Å². The van der Waals surface area contributed by atoms with Gasteiger partial charge in [-0.1, -0.05) is 25.3 Å². The van der Waals surface area contributed by atoms with Crippen molar-refractivity contribution in [3.8, 4) is 0 Å². The van der Waals surface area contributed by atoms with Crippen LogP contribution >= 0.6 is 0 Å². The van der Waals surface area contributed by atoms with Crippen molar-refractivity contribution in [2.45, 2.75) is 6.92 Å². The smallest absolute Gasteiger partial charge is 0.260 e. The molecule has 0 atom stereocenters. The molecule has 0 N–H and O–H groups in total. The number of amides is 2. The molecule has 15 heavy (non-hydrogen) atoms. The van der Waals surface area contributed by atoms with Gasteiger partial charge in [0, 0.05) is 18.2 Å². The summed E-state index contributed by atoms with van der Waals surface area (Å²) < 4.78 is 0. The van der Waals surface area contributed by atoms with Crippen molar-refractivity contribution >= 4 is 11.8 Å². The molecule has 2 amide bonds. The van der Waals surface area contributed by atoms with E-state index < -0.39 is 0 Å². The summed E-state index contributed by atoms with van der Waals surface area (Å²) in [6, 6.07) is 0. The van der Waals surface area contributed by atoms with E-state index in [0.717, 1.165) is 4.90 Å². The third kappa shape index (κ3) is 1.68. The summed E-state index contributed by atoms with van der Waals surface area (Å²) in [7, 11) is 1.46. The molecular formula is C12H13NO2. The first kappa shape index (κ1) is 11.2. The van der Waals surface area contributed by atoms with Crippen molar-refractivity contribution in [1.29, 1.82) is 0 Å². The molecule has 0 spiro atoms. The van der Waals surface area contributed by atoms with Gasteiger partial charge in [0.05, 0.1) is 0 Å². The summed E-state index contributed by atoms with van der Waals surface area (Å²) in [4.78, 5) is 24.5. The Kier molecular flexibility index (Phi) is 3.04. The van der Waals surface area contributed by atoms with E-state index in [9.17, 15) is 9.59 Å². The van der Waals surface area contributed by atoms with Gasteiger partial charge in [0.2, 0.25) is 0 Å². The van der Waals surface area contributed by atoms with Gasteiger partial charge in [-0.3, -0.25) is 14.5 Å². The highest BCUT2D eigenvalue weighted by atomic mass is 16.2. The largest absolute Gasteiger partial charge is 0.278 e. The highest BCUT2D eigenvalue weighted by Gasteiger charge is 2.30. The molecule has 1 aliphatic heterocycles. The van der Waals surface area contributed by atoms with Gasteiger partial charge in [0.25, 0.3) is 11.8 Å². The third-order valence-electron chi connectivity index (χ3n) is 2.37. The minimum absolute atomic E-state index is 0.303. The molecule has 0 fully saturated rings. The van der Waals surface area contributed by atoms with Crippen LogP contribution in [-0.4, -0.2) is 23.8 Å². The molecule has 1 aliphatic rings. The Morgan fingerprint density at radius 3 is 2.27 bits per heavy atom. The highest BCUT2D eigenvalue weighted by Crippen LogP contribution is 2.24. The Balaban J connectivity index is 3.43. The molecule has 78 valence electrons. The van der Waals surface area contributed by atoms with E-state index in [-0.39, 0.29) is 11.8 Å². The number of hydrogen-bond donors (Lipinski definition) is 0. The topological polar surface area (TPSA) is 37.4 Å². The van der Waals surface area contributed by atoms with Crippen LogP contribution in [0.3, 0.4) is 0 Å². The van der Waals surface area contributed by atoms with Gasteiger partial charge >= 0.3 is 0 Å². The molecule has 1 rings (SSSR count). The second-order valence-electron chi connectivity index (χ2n) is 3.23. The monoisotopic (exact) mass is 203 g/mol. The fourth-order valence-electron chi connectivity index (χ4n) is 1.47. The van der Waals surface area contributed by atoms with E-state index in [0.29, 0.717) is 16.7 Å². The highest BCUT2D eigenvalue weighted by molar-refractivity contribution is 6.17. The summed E-state index contributed by atoms with van der Waals surface area (Å²) in [6.07, 6.45) is 4.60. The minimum Gasteiger partial charge on any atom is -0.278 e. The number of carbonyl (C=O) groups excluding carboxylic acids is 2. The lowest BCUT2D eigenvalue weighted by Gasteiger charge is -2.24. The molecule has 0 aromatic rings. The maximum atomic E-state index is 11.7. The van der Waals surface area contributed by atoms with E-state index >= 15 is 0 Å². The Morgan fingerprint density at radius 1 is 1.20 bits per heavy atom. The molecule has 3 heteroatoms. The van der Waals surface area contributed by atoms with Crippen LogP contribution in [0.2, 0.25) is 0 Å². The molecule has 0 bridgehead atoms. The zero-order valence-corrected chi connectivity index (χ0v) is 8.91.